The number of piperidine rings is 1. The Morgan fingerprint density at radius 2 is 1.94 bits per heavy atom. The predicted octanol–water partition coefficient (Wildman–Crippen LogP) is 2.88. The van der Waals surface area contributed by atoms with Gasteiger partial charge in [0.25, 0.3) is 5.91 Å². The minimum atomic E-state index is -0.00562. The van der Waals surface area contributed by atoms with Gasteiger partial charge < -0.3 is 10.2 Å². The Morgan fingerprint density at radius 3 is 2.61 bits per heavy atom. The van der Waals surface area contributed by atoms with Gasteiger partial charge in [0, 0.05) is 44.0 Å². The van der Waals surface area contributed by atoms with E-state index in [4.69, 9.17) is 0 Å². The van der Waals surface area contributed by atoms with Crippen LogP contribution in [0.2, 0.25) is 0 Å². The highest BCUT2D eigenvalue weighted by Gasteiger charge is 2.31. The van der Waals surface area contributed by atoms with Gasteiger partial charge in [0.2, 0.25) is 0 Å². The number of carbonyl (C=O) groups is 1. The van der Waals surface area contributed by atoms with Crippen molar-refractivity contribution in [1.29, 1.82) is 0 Å². The molecule has 2 heterocycles. The zero-order valence-electron chi connectivity index (χ0n) is 18.9. The Labute approximate surface area is 185 Å². The number of allylic oxidation sites excluding steroid dienone is 1. The largest absolute Gasteiger partial charge is 0.343 e. The summed E-state index contributed by atoms with van der Waals surface area (Å²) in [4.78, 5) is 16.9. The second-order valence-corrected chi connectivity index (χ2v) is 9.09. The average molecular weight is 422 g/mol. The minimum Gasteiger partial charge on any atom is -0.343 e. The van der Waals surface area contributed by atoms with Gasteiger partial charge in [-0.1, -0.05) is 36.4 Å². The lowest BCUT2D eigenvalue weighted by Gasteiger charge is -2.35. The molecule has 166 valence electrons. The molecule has 1 fully saturated rings. The van der Waals surface area contributed by atoms with E-state index in [1.165, 1.54) is 24.1 Å². The molecule has 4 rings (SSSR count). The number of amides is 1. The molecule has 0 unspecified atom stereocenters. The molecule has 6 nitrogen and oxygen atoms in total. The lowest BCUT2D eigenvalue weighted by molar-refractivity contribution is 0.0819. The van der Waals surface area contributed by atoms with Crippen molar-refractivity contribution in [2.24, 2.45) is 0 Å². The summed E-state index contributed by atoms with van der Waals surface area (Å²) in [5.74, 6) is -0.00562. The van der Waals surface area contributed by atoms with E-state index in [0.29, 0.717) is 24.3 Å². The predicted molar refractivity (Wildman–Crippen MR) is 124 cm³/mol. The smallest absolute Gasteiger partial charge is 0.274 e. The van der Waals surface area contributed by atoms with Gasteiger partial charge in [0.05, 0.1) is 6.54 Å². The minimum absolute atomic E-state index is 0.00562. The number of benzene rings is 1. The molecule has 0 bridgehead atoms. The van der Waals surface area contributed by atoms with E-state index in [9.17, 15) is 4.79 Å². The molecular weight excluding hydrogens is 386 g/mol. The number of nitrogens with one attached hydrogen (secondary N) is 1. The highest BCUT2D eigenvalue weighted by Crippen LogP contribution is 2.27. The lowest BCUT2D eigenvalue weighted by Crippen LogP contribution is -2.47. The third-order valence-corrected chi connectivity index (χ3v) is 6.57. The third-order valence-electron chi connectivity index (χ3n) is 6.57. The standard InChI is InChI=1S/C25H35N5O/c1-4-14-30-23-11-10-21(17-22(23)24(27-30)25(31)28(2)3)26-20-12-15-29(16-13-20)18-19-8-6-5-7-9-19/h4-9,20-21,26H,1,10-18H2,2-3H3/t21-/m0/s1. The van der Waals surface area contributed by atoms with E-state index in [1.54, 1.807) is 19.0 Å². The van der Waals surface area contributed by atoms with Crippen molar-refractivity contribution < 1.29 is 4.79 Å². The number of hydrogen-bond donors (Lipinski definition) is 1. The molecule has 1 aliphatic carbocycles. The quantitative estimate of drug-likeness (QED) is 0.699. The topological polar surface area (TPSA) is 53.4 Å². The van der Waals surface area contributed by atoms with Gasteiger partial charge in [-0.25, -0.2) is 0 Å². The monoisotopic (exact) mass is 421 g/mol. The van der Waals surface area contributed by atoms with Crippen molar-refractivity contribution in [3.05, 3.63) is 65.5 Å². The van der Waals surface area contributed by atoms with Gasteiger partial charge in [-0.3, -0.25) is 14.4 Å². The zero-order chi connectivity index (χ0) is 21.8. The Morgan fingerprint density at radius 1 is 1.19 bits per heavy atom. The Hall–Kier alpha value is -2.44. The van der Waals surface area contributed by atoms with E-state index >= 15 is 0 Å². The van der Waals surface area contributed by atoms with Crippen LogP contribution in [0.3, 0.4) is 0 Å². The van der Waals surface area contributed by atoms with Crippen LogP contribution in [-0.4, -0.2) is 64.8 Å². The number of hydrogen-bond acceptors (Lipinski definition) is 4. The number of aromatic nitrogens is 2. The second kappa shape index (κ2) is 9.79. The molecule has 2 aromatic rings. The highest BCUT2D eigenvalue weighted by atomic mass is 16.2. The van der Waals surface area contributed by atoms with Crippen molar-refractivity contribution in [2.45, 2.75) is 57.3 Å². The highest BCUT2D eigenvalue weighted by molar-refractivity contribution is 5.93. The first-order valence-electron chi connectivity index (χ1n) is 11.5. The Kier molecular flexibility index (Phi) is 6.88. The van der Waals surface area contributed by atoms with Crippen molar-refractivity contribution in [1.82, 2.24) is 24.9 Å². The average Bonchev–Trinajstić information content (AvgIpc) is 3.13. The summed E-state index contributed by atoms with van der Waals surface area (Å²) in [6.45, 7) is 7.80. The summed E-state index contributed by atoms with van der Waals surface area (Å²) in [7, 11) is 3.59. The van der Waals surface area contributed by atoms with Crippen LogP contribution in [0.4, 0.5) is 0 Å². The van der Waals surface area contributed by atoms with Crippen LogP contribution in [0, 0.1) is 0 Å². The fourth-order valence-electron chi connectivity index (χ4n) is 4.92. The van der Waals surface area contributed by atoms with Crippen LogP contribution in [0.1, 0.15) is 46.6 Å². The fraction of sp³-hybridized carbons (Fsp3) is 0.520. The summed E-state index contributed by atoms with van der Waals surface area (Å²) in [5, 5.41) is 8.56. The summed E-state index contributed by atoms with van der Waals surface area (Å²) >= 11 is 0. The van der Waals surface area contributed by atoms with E-state index in [0.717, 1.165) is 44.5 Å². The van der Waals surface area contributed by atoms with Crippen LogP contribution in [-0.2, 0) is 25.9 Å². The first-order chi connectivity index (χ1) is 15.0. The van der Waals surface area contributed by atoms with Crippen LogP contribution in [0.15, 0.2) is 43.0 Å². The lowest BCUT2D eigenvalue weighted by atomic mass is 9.89. The Balaban J connectivity index is 1.36. The van der Waals surface area contributed by atoms with E-state index in [1.807, 2.05) is 10.8 Å². The number of likely N-dealkylation sites (tertiary alicyclic amines) is 1. The Bertz CT molecular complexity index is 896. The van der Waals surface area contributed by atoms with Crippen LogP contribution >= 0.6 is 0 Å². The maximum absolute atomic E-state index is 12.7. The van der Waals surface area contributed by atoms with Gasteiger partial charge in [-0.05, 0) is 50.8 Å². The van der Waals surface area contributed by atoms with Crippen LogP contribution in [0.5, 0.6) is 0 Å². The SMILES string of the molecule is C=CCn1nc(C(=O)N(C)C)c2c1CC[C@H](NC1CCN(Cc3ccccc3)CC1)C2. The van der Waals surface area contributed by atoms with Gasteiger partial charge in [0.15, 0.2) is 5.69 Å². The third kappa shape index (κ3) is 5.08. The van der Waals surface area contributed by atoms with Crippen molar-refractivity contribution in [3.63, 3.8) is 0 Å². The molecule has 0 radical (unpaired) electrons. The fourth-order valence-corrected chi connectivity index (χ4v) is 4.92. The normalized spacial score (nSPS) is 19.7. The molecule has 1 saturated heterocycles. The summed E-state index contributed by atoms with van der Waals surface area (Å²) < 4.78 is 1.97. The number of carbonyl (C=O) groups excluding carboxylic acids is 1. The molecule has 1 atom stereocenters. The molecule has 1 aromatic carbocycles. The number of rotatable bonds is 7. The number of nitrogens with zero attached hydrogens (tertiary/aromatic N) is 4. The summed E-state index contributed by atoms with van der Waals surface area (Å²) in [5.41, 5.74) is 4.35. The maximum atomic E-state index is 12.7. The summed E-state index contributed by atoms with van der Waals surface area (Å²) in [6, 6.07) is 11.7. The number of fused-ring (bicyclic) bond motifs is 1. The van der Waals surface area contributed by atoms with Crippen molar-refractivity contribution >= 4 is 5.91 Å². The molecule has 2 aliphatic rings. The molecule has 6 heteroatoms. The van der Waals surface area contributed by atoms with Crippen LogP contribution < -0.4 is 5.32 Å². The molecule has 0 saturated carbocycles. The molecule has 1 amide bonds. The zero-order valence-corrected chi connectivity index (χ0v) is 18.9. The second-order valence-electron chi connectivity index (χ2n) is 9.09. The maximum Gasteiger partial charge on any atom is 0.274 e. The van der Waals surface area contributed by atoms with Gasteiger partial charge in [-0.15, -0.1) is 6.58 Å². The molecule has 31 heavy (non-hydrogen) atoms. The molecule has 1 aromatic heterocycles. The van der Waals surface area contributed by atoms with Crippen LogP contribution in [0.25, 0.3) is 0 Å². The van der Waals surface area contributed by atoms with Gasteiger partial charge >= 0.3 is 0 Å². The van der Waals surface area contributed by atoms with E-state index < -0.39 is 0 Å². The molecule has 1 aliphatic heterocycles. The van der Waals surface area contributed by atoms with Crippen molar-refractivity contribution in [3.8, 4) is 0 Å². The first kappa shape index (κ1) is 21.8. The van der Waals surface area contributed by atoms with Gasteiger partial charge in [-0.2, -0.15) is 5.10 Å². The van der Waals surface area contributed by atoms with E-state index in [-0.39, 0.29) is 5.91 Å². The van der Waals surface area contributed by atoms with Crippen molar-refractivity contribution in [2.75, 3.05) is 27.2 Å². The van der Waals surface area contributed by atoms with Gasteiger partial charge in [0.1, 0.15) is 0 Å². The molecule has 1 N–H and O–H groups in total. The van der Waals surface area contributed by atoms with E-state index in [2.05, 4.69) is 52.2 Å². The molecular formula is C25H35N5O. The first-order valence-corrected chi connectivity index (χ1v) is 11.5. The summed E-state index contributed by atoms with van der Waals surface area (Å²) in [6.07, 6.45) is 7.14. The molecule has 0 spiro atoms.